The minimum Gasteiger partial charge on any atom is -0.508 e. The Bertz CT molecular complexity index is 754. The summed E-state index contributed by atoms with van der Waals surface area (Å²) in [7, 11) is 0. The maximum atomic E-state index is 10.5. The SMILES string of the molecule is C=C[C@H]([C@H](O)CC/C(C)=C/c1cccc(O)c1)[C@H](O)COCc1ccccc1. The van der Waals surface area contributed by atoms with E-state index in [0.717, 1.165) is 16.7 Å². The molecule has 0 radical (unpaired) electrons. The van der Waals surface area contributed by atoms with Gasteiger partial charge in [0.2, 0.25) is 0 Å². The smallest absolute Gasteiger partial charge is 0.116 e. The molecule has 0 saturated heterocycles. The van der Waals surface area contributed by atoms with Crippen LogP contribution >= 0.6 is 0 Å². The van der Waals surface area contributed by atoms with Gasteiger partial charge in [0.1, 0.15) is 5.75 Å². The minimum atomic E-state index is -0.813. The summed E-state index contributed by atoms with van der Waals surface area (Å²) >= 11 is 0. The first-order valence-electron chi connectivity index (χ1n) is 9.56. The van der Waals surface area contributed by atoms with Gasteiger partial charge in [-0.15, -0.1) is 6.58 Å². The third kappa shape index (κ3) is 7.31. The third-order valence-electron chi connectivity index (χ3n) is 4.68. The molecule has 4 heteroatoms. The first-order valence-corrected chi connectivity index (χ1v) is 9.56. The predicted molar refractivity (Wildman–Crippen MR) is 113 cm³/mol. The Morgan fingerprint density at radius 3 is 2.50 bits per heavy atom. The van der Waals surface area contributed by atoms with Crippen LogP contribution in [0.2, 0.25) is 0 Å². The zero-order chi connectivity index (χ0) is 20.4. The fourth-order valence-electron chi connectivity index (χ4n) is 3.09. The van der Waals surface area contributed by atoms with Gasteiger partial charge in [0.15, 0.2) is 0 Å². The number of ether oxygens (including phenoxy) is 1. The van der Waals surface area contributed by atoms with E-state index in [1.165, 1.54) is 0 Å². The Morgan fingerprint density at radius 2 is 1.82 bits per heavy atom. The molecule has 3 N–H and O–H groups in total. The van der Waals surface area contributed by atoms with Crippen LogP contribution < -0.4 is 0 Å². The molecule has 0 aromatic heterocycles. The van der Waals surface area contributed by atoms with Crippen LogP contribution in [0.25, 0.3) is 6.08 Å². The average Bonchev–Trinajstić information content (AvgIpc) is 2.68. The number of aromatic hydroxyl groups is 1. The average molecular weight is 383 g/mol. The highest BCUT2D eigenvalue weighted by Gasteiger charge is 2.24. The molecule has 150 valence electrons. The van der Waals surface area contributed by atoms with Gasteiger partial charge in [-0.1, -0.05) is 60.2 Å². The minimum absolute atomic E-state index is 0.140. The van der Waals surface area contributed by atoms with Crippen LogP contribution in [-0.2, 0) is 11.3 Å². The maximum Gasteiger partial charge on any atom is 0.116 e. The normalized spacial score (nSPS) is 15.0. The van der Waals surface area contributed by atoms with Gasteiger partial charge in [-0.3, -0.25) is 0 Å². The Labute approximate surface area is 167 Å². The van der Waals surface area contributed by atoms with E-state index in [4.69, 9.17) is 4.74 Å². The monoisotopic (exact) mass is 382 g/mol. The Balaban J connectivity index is 1.81. The van der Waals surface area contributed by atoms with Crippen molar-refractivity contribution in [3.8, 4) is 5.75 Å². The summed E-state index contributed by atoms with van der Waals surface area (Å²) in [5.41, 5.74) is 3.04. The number of phenols is 1. The van der Waals surface area contributed by atoms with E-state index >= 15 is 0 Å². The topological polar surface area (TPSA) is 69.9 Å². The van der Waals surface area contributed by atoms with Crippen LogP contribution in [0.4, 0.5) is 0 Å². The van der Waals surface area contributed by atoms with Crippen LogP contribution in [0.1, 0.15) is 30.9 Å². The highest BCUT2D eigenvalue weighted by molar-refractivity contribution is 5.54. The second-order valence-corrected chi connectivity index (χ2v) is 7.07. The molecule has 0 aliphatic carbocycles. The molecular weight excluding hydrogens is 352 g/mol. The summed E-state index contributed by atoms with van der Waals surface area (Å²) < 4.78 is 5.59. The molecule has 0 amide bonds. The number of aliphatic hydroxyl groups is 2. The van der Waals surface area contributed by atoms with Gasteiger partial charge in [0, 0.05) is 5.92 Å². The van der Waals surface area contributed by atoms with Gasteiger partial charge in [0.05, 0.1) is 25.4 Å². The molecule has 0 heterocycles. The molecule has 4 nitrogen and oxygen atoms in total. The summed E-state index contributed by atoms with van der Waals surface area (Å²) in [6.45, 7) is 6.30. The van der Waals surface area contributed by atoms with E-state index in [1.807, 2.05) is 49.4 Å². The number of hydrogen-bond acceptors (Lipinski definition) is 4. The maximum absolute atomic E-state index is 10.5. The quantitative estimate of drug-likeness (QED) is 0.506. The molecule has 28 heavy (non-hydrogen) atoms. The van der Waals surface area contributed by atoms with Crippen molar-refractivity contribution >= 4 is 6.08 Å². The lowest BCUT2D eigenvalue weighted by Crippen LogP contribution is -2.33. The largest absolute Gasteiger partial charge is 0.508 e. The van der Waals surface area contributed by atoms with Crippen molar-refractivity contribution in [3.63, 3.8) is 0 Å². The zero-order valence-electron chi connectivity index (χ0n) is 16.4. The molecule has 0 aliphatic heterocycles. The van der Waals surface area contributed by atoms with Crippen molar-refractivity contribution in [1.29, 1.82) is 0 Å². The van der Waals surface area contributed by atoms with Crippen LogP contribution in [0, 0.1) is 5.92 Å². The van der Waals surface area contributed by atoms with Crippen LogP contribution in [0.3, 0.4) is 0 Å². The number of benzene rings is 2. The van der Waals surface area contributed by atoms with Gasteiger partial charge in [-0.25, -0.2) is 0 Å². The van der Waals surface area contributed by atoms with Gasteiger partial charge in [-0.05, 0) is 43.0 Å². The Morgan fingerprint density at radius 1 is 1.07 bits per heavy atom. The molecule has 2 aromatic rings. The van der Waals surface area contributed by atoms with Gasteiger partial charge >= 0.3 is 0 Å². The van der Waals surface area contributed by atoms with E-state index in [-0.39, 0.29) is 12.4 Å². The van der Waals surface area contributed by atoms with Crippen LogP contribution in [0.5, 0.6) is 5.75 Å². The molecule has 2 rings (SSSR count). The fourth-order valence-corrected chi connectivity index (χ4v) is 3.09. The molecule has 0 aliphatic rings. The molecule has 2 aromatic carbocycles. The first-order chi connectivity index (χ1) is 13.5. The second kappa shape index (κ2) is 11.4. The van der Waals surface area contributed by atoms with E-state index in [2.05, 4.69) is 6.58 Å². The predicted octanol–water partition coefficient (Wildman–Crippen LogP) is 4.32. The Kier molecular flexibility index (Phi) is 8.95. The highest BCUT2D eigenvalue weighted by Crippen LogP contribution is 2.21. The number of allylic oxidation sites excluding steroid dienone is 1. The molecule has 0 fully saturated rings. The molecular formula is C24H30O4. The van der Waals surface area contributed by atoms with E-state index < -0.39 is 18.1 Å². The standard InChI is InChI=1S/C24H30O4/c1-3-22(24(27)17-28-16-19-8-5-4-6-9-19)23(26)13-12-18(2)14-20-10-7-11-21(25)15-20/h3-11,14-15,22-27H,1,12-13,16-17H2,2H3/b18-14+/t22-,23-,24-/m1/s1. The molecule has 0 bridgehead atoms. The van der Waals surface area contributed by atoms with Gasteiger partial charge in [-0.2, -0.15) is 0 Å². The Hall–Kier alpha value is -2.40. The van der Waals surface area contributed by atoms with Crippen molar-refractivity contribution in [2.75, 3.05) is 6.61 Å². The highest BCUT2D eigenvalue weighted by atomic mass is 16.5. The molecule has 0 saturated carbocycles. The summed E-state index contributed by atoms with van der Waals surface area (Å²) in [4.78, 5) is 0. The lowest BCUT2D eigenvalue weighted by molar-refractivity contribution is -0.0273. The summed E-state index contributed by atoms with van der Waals surface area (Å²) in [6, 6.07) is 16.8. The van der Waals surface area contributed by atoms with E-state index in [9.17, 15) is 15.3 Å². The van der Waals surface area contributed by atoms with E-state index in [1.54, 1.807) is 24.3 Å². The first kappa shape index (κ1) is 21.9. The van der Waals surface area contributed by atoms with Crippen LogP contribution in [0.15, 0.2) is 72.8 Å². The lowest BCUT2D eigenvalue weighted by atomic mass is 9.91. The van der Waals surface area contributed by atoms with Crippen molar-refractivity contribution in [1.82, 2.24) is 0 Å². The van der Waals surface area contributed by atoms with Crippen molar-refractivity contribution in [2.45, 2.75) is 38.6 Å². The fraction of sp³-hybridized carbons (Fsp3) is 0.333. The summed E-state index contributed by atoms with van der Waals surface area (Å²) in [5.74, 6) is -0.226. The third-order valence-corrected chi connectivity index (χ3v) is 4.68. The van der Waals surface area contributed by atoms with Crippen molar-refractivity contribution in [3.05, 3.63) is 84.0 Å². The zero-order valence-corrected chi connectivity index (χ0v) is 16.4. The summed E-state index contributed by atoms with van der Waals surface area (Å²) in [6.07, 6.45) is 3.24. The molecule has 3 atom stereocenters. The molecule has 0 spiro atoms. The van der Waals surface area contributed by atoms with Gasteiger partial charge < -0.3 is 20.1 Å². The lowest BCUT2D eigenvalue weighted by Gasteiger charge is -2.25. The van der Waals surface area contributed by atoms with Crippen molar-refractivity contribution < 1.29 is 20.1 Å². The second-order valence-electron chi connectivity index (χ2n) is 7.07. The number of aliphatic hydroxyl groups excluding tert-OH is 2. The number of hydrogen-bond donors (Lipinski definition) is 3. The number of rotatable bonds is 11. The molecule has 0 unspecified atom stereocenters. The summed E-state index contributed by atoms with van der Waals surface area (Å²) in [5, 5.41) is 30.4. The van der Waals surface area contributed by atoms with Gasteiger partial charge in [0.25, 0.3) is 0 Å². The number of phenolic OH excluding ortho intramolecular Hbond substituents is 1. The van der Waals surface area contributed by atoms with Crippen LogP contribution in [-0.4, -0.2) is 34.1 Å². The van der Waals surface area contributed by atoms with E-state index in [0.29, 0.717) is 19.4 Å². The van der Waals surface area contributed by atoms with Crippen molar-refractivity contribution in [2.24, 2.45) is 5.92 Å².